The average molecular weight is 262 g/mol. The van der Waals surface area contributed by atoms with Crippen molar-refractivity contribution in [2.45, 2.75) is 25.1 Å². The van der Waals surface area contributed by atoms with Gasteiger partial charge in [-0.1, -0.05) is 0 Å². The maximum atomic E-state index is 11.8. The van der Waals surface area contributed by atoms with Gasteiger partial charge in [0, 0.05) is 13.1 Å². The fourth-order valence-electron chi connectivity index (χ4n) is 1.40. The molecule has 1 fully saturated rings. The molecule has 0 radical (unpaired) electrons. The molecule has 0 aliphatic carbocycles. The lowest BCUT2D eigenvalue weighted by molar-refractivity contribution is -0.121. The van der Waals surface area contributed by atoms with Crippen LogP contribution in [0.1, 0.15) is 12.8 Å². The zero-order chi connectivity index (χ0) is 12.4. The van der Waals surface area contributed by atoms with Crippen molar-refractivity contribution >= 4 is 10.2 Å². The molecule has 1 rings (SSSR count). The van der Waals surface area contributed by atoms with Gasteiger partial charge in [-0.05, 0) is 12.8 Å². The van der Waals surface area contributed by atoms with E-state index in [1.54, 1.807) is 0 Å². The number of alkyl halides is 3. The Kier molecular flexibility index (Phi) is 4.16. The first-order valence-electron chi connectivity index (χ1n) is 4.70. The second-order valence-electron chi connectivity index (χ2n) is 3.60. The van der Waals surface area contributed by atoms with Gasteiger partial charge in [0.2, 0.25) is 0 Å². The molecule has 0 bridgehead atoms. The summed E-state index contributed by atoms with van der Waals surface area (Å²) >= 11 is 0. The molecule has 1 saturated heterocycles. The van der Waals surface area contributed by atoms with Crippen molar-refractivity contribution in [2.24, 2.45) is 0 Å². The van der Waals surface area contributed by atoms with Crippen LogP contribution >= 0.6 is 0 Å². The fourth-order valence-corrected chi connectivity index (χ4v) is 2.67. The van der Waals surface area contributed by atoms with Crippen LogP contribution in [0.5, 0.6) is 0 Å². The van der Waals surface area contributed by atoms with E-state index in [4.69, 9.17) is 0 Å². The van der Waals surface area contributed by atoms with Crippen LogP contribution in [-0.2, 0) is 10.2 Å². The third kappa shape index (κ3) is 4.24. The Hall–Kier alpha value is -0.380. The van der Waals surface area contributed by atoms with Crippen molar-refractivity contribution in [3.05, 3.63) is 0 Å². The largest absolute Gasteiger partial charge is 0.402 e. The smallest absolute Gasteiger partial charge is 0.392 e. The predicted octanol–water partition coefficient (Wildman–Crippen LogP) is -0.160. The summed E-state index contributed by atoms with van der Waals surface area (Å²) in [5.74, 6) is 0. The predicted molar refractivity (Wildman–Crippen MR) is 49.8 cm³/mol. The van der Waals surface area contributed by atoms with E-state index in [-0.39, 0.29) is 13.1 Å². The van der Waals surface area contributed by atoms with E-state index in [2.05, 4.69) is 0 Å². The third-order valence-corrected chi connectivity index (χ3v) is 3.67. The van der Waals surface area contributed by atoms with Crippen molar-refractivity contribution < 1.29 is 26.7 Å². The number of nitrogens with zero attached hydrogens (tertiary/aromatic N) is 1. The lowest BCUT2D eigenvalue weighted by Gasteiger charge is -2.29. The van der Waals surface area contributed by atoms with Crippen LogP contribution in [0, 0.1) is 0 Å². The molecule has 0 aromatic rings. The molecule has 9 heteroatoms. The normalized spacial score (nSPS) is 24.6. The molecule has 16 heavy (non-hydrogen) atoms. The topological polar surface area (TPSA) is 69.6 Å². The lowest BCUT2D eigenvalue weighted by atomic mass is 10.1. The second-order valence-corrected chi connectivity index (χ2v) is 5.35. The summed E-state index contributed by atoms with van der Waals surface area (Å²) < 4.78 is 60.5. The average Bonchev–Trinajstić information content (AvgIpc) is 2.14. The molecule has 0 unspecified atom stereocenters. The Morgan fingerprint density at radius 2 is 2.06 bits per heavy atom. The minimum absolute atomic E-state index is 0.129. The quantitative estimate of drug-likeness (QED) is 0.742. The fraction of sp³-hybridized carbons (Fsp3) is 1.00. The van der Waals surface area contributed by atoms with E-state index in [1.165, 1.54) is 4.72 Å². The van der Waals surface area contributed by atoms with E-state index in [9.17, 15) is 26.7 Å². The highest BCUT2D eigenvalue weighted by Crippen LogP contribution is 2.16. The highest BCUT2D eigenvalue weighted by atomic mass is 32.2. The van der Waals surface area contributed by atoms with Gasteiger partial charge < -0.3 is 5.11 Å². The van der Waals surface area contributed by atoms with Crippen molar-refractivity contribution in [3.63, 3.8) is 0 Å². The number of halogens is 3. The van der Waals surface area contributed by atoms with Gasteiger partial charge in [0.1, 0.15) is 6.54 Å². The van der Waals surface area contributed by atoms with E-state index in [1.807, 2.05) is 0 Å². The first kappa shape index (κ1) is 13.7. The highest BCUT2D eigenvalue weighted by Gasteiger charge is 2.33. The molecule has 1 atom stereocenters. The Morgan fingerprint density at radius 3 is 2.56 bits per heavy atom. The van der Waals surface area contributed by atoms with Crippen LogP contribution in [0.25, 0.3) is 0 Å². The summed E-state index contributed by atoms with van der Waals surface area (Å²) in [5.41, 5.74) is 0. The summed E-state index contributed by atoms with van der Waals surface area (Å²) in [6.45, 7) is -1.63. The lowest BCUT2D eigenvalue weighted by Crippen LogP contribution is -2.49. The highest BCUT2D eigenvalue weighted by molar-refractivity contribution is 7.87. The molecule has 0 aromatic heterocycles. The van der Waals surface area contributed by atoms with Gasteiger partial charge in [-0.25, -0.2) is 0 Å². The zero-order valence-corrected chi connectivity index (χ0v) is 9.18. The number of aliphatic hydroxyl groups excluding tert-OH is 1. The molecule has 1 heterocycles. The van der Waals surface area contributed by atoms with Gasteiger partial charge in [-0.15, -0.1) is 0 Å². The Morgan fingerprint density at radius 1 is 1.44 bits per heavy atom. The molecule has 1 aliphatic heterocycles. The Labute approximate surface area is 91.4 Å². The number of nitrogens with one attached hydrogen (secondary N) is 1. The SMILES string of the molecule is O=S(=O)(NCC(F)(F)F)N1CCC[C@H](O)C1. The first-order valence-corrected chi connectivity index (χ1v) is 6.14. The van der Waals surface area contributed by atoms with E-state index in [0.29, 0.717) is 12.8 Å². The summed E-state index contributed by atoms with van der Waals surface area (Å²) in [4.78, 5) is 0. The van der Waals surface area contributed by atoms with E-state index >= 15 is 0 Å². The molecule has 5 nitrogen and oxygen atoms in total. The van der Waals surface area contributed by atoms with E-state index in [0.717, 1.165) is 4.31 Å². The van der Waals surface area contributed by atoms with Gasteiger partial charge in [0.05, 0.1) is 6.10 Å². The van der Waals surface area contributed by atoms with Crippen molar-refractivity contribution in [3.8, 4) is 0 Å². The van der Waals surface area contributed by atoms with Crippen LogP contribution in [0.3, 0.4) is 0 Å². The van der Waals surface area contributed by atoms with Crippen molar-refractivity contribution in [2.75, 3.05) is 19.6 Å². The van der Waals surface area contributed by atoms with Gasteiger partial charge in [-0.2, -0.15) is 30.6 Å². The molecule has 0 aromatic carbocycles. The van der Waals surface area contributed by atoms with Gasteiger partial charge in [-0.3, -0.25) is 0 Å². The summed E-state index contributed by atoms with van der Waals surface area (Å²) in [6, 6.07) is 0. The molecule has 0 saturated carbocycles. The summed E-state index contributed by atoms with van der Waals surface area (Å²) in [7, 11) is -4.15. The van der Waals surface area contributed by atoms with Gasteiger partial charge in [0.15, 0.2) is 0 Å². The Bertz CT molecular complexity index is 330. The summed E-state index contributed by atoms with van der Waals surface area (Å²) in [6.07, 6.45) is -4.49. The monoisotopic (exact) mass is 262 g/mol. The standard InChI is InChI=1S/C7H13F3N2O3S/c8-7(9,10)5-11-16(14,15)12-3-1-2-6(13)4-12/h6,11,13H,1-5H2/t6-/m0/s1. The number of β-amino-alcohol motifs (C(OH)–C–C–N with tert-alkyl or cyclic N) is 1. The van der Waals surface area contributed by atoms with Crippen LogP contribution in [-0.4, -0.2) is 49.7 Å². The maximum Gasteiger partial charge on any atom is 0.402 e. The molecule has 2 N–H and O–H groups in total. The van der Waals surface area contributed by atoms with Crippen LogP contribution in [0.4, 0.5) is 13.2 Å². The third-order valence-electron chi connectivity index (χ3n) is 2.15. The molecular formula is C7H13F3N2O3S. The molecule has 1 aliphatic rings. The number of hydrogen-bond acceptors (Lipinski definition) is 3. The van der Waals surface area contributed by atoms with Crippen LogP contribution < -0.4 is 4.72 Å². The number of rotatable bonds is 3. The van der Waals surface area contributed by atoms with Gasteiger partial charge in [0.25, 0.3) is 10.2 Å². The number of aliphatic hydroxyl groups is 1. The molecule has 0 spiro atoms. The summed E-state index contributed by atoms with van der Waals surface area (Å²) in [5, 5.41) is 9.21. The second kappa shape index (κ2) is 4.86. The maximum absolute atomic E-state index is 11.8. The minimum atomic E-state index is -4.58. The van der Waals surface area contributed by atoms with Crippen LogP contribution in [0.15, 0.2) is 0 Å². The Balaban J connectivity index is 2.56. The first-order chi connectivity index (χ1) is 7.21. The number of piperidine rings is 1. The molecule has 0 amide bonds. The zero-order valence-electron chi connectivity index (χ0n) is 8.37. The molecule has 96 valence electrons. The number of hydrogen-bond donors (Lipinski definition) is 2. The van der Waals surface area contributed by atoms with Crippen molar-refractivity contribution in [1.82, 2.24) is 9.03 Å². The molecular weight excluding hydrogens is 249 g/mol. The minimum Gasteiger partial charge on any atom is -0.392 e. The van der Waals surface area contributed by atoms with E-state index < -0.39 is 29.0 Å². The van der Waals surface area contributed by atoms with Crippen LogP contribution in [0.2, 0.25) is 0 Å². The van der Waals surface area contributed by atoms with Crippen molar-refractivity contribution in [1.29, 1.82) is 0 Å². The van der Waals surface area contributed by atoms with Gasteiger partial charge >= 0.3 is 6.18 Å².